The van der Waals surface area contributed by atoms with Gasteiger partial charge in [0.25, 0.3) is 5.91 Å². The summed E-state index contributed by atoms with van der Waals surface area (Å²) in [4.78, 5) is 34.8. The van der Waals surface area contributed by atoms with Crippen molar-refractivity contribution >= 4 is 34.3 Å². The molecule has 12 heteroatoms. The number of aromatic amines is 1. The molecule has 0 unspecified atom stereocenters. The number of carbonyl (C=O) groups excluding carboxylic acids is 2. The van der Waals surface area contributed by atoms with Gasteiger partial charge in [-0.25, -0.2) is 4.98 Å². The molecule has 9 rings (SSSR count). The number of amides is 1. The Kier molecular flexibility index (Phi) is 7.80. The number of nitrogens with one attached hydrogen (secondary N) is 3. The van der Waals surface area contributed by atoms with Crippen LogP contribution >= 0.6 is 0 Å². The maximum Gasteiger partial charge on any atom is 0.310 e. The topological polar surface area (TPSA) is 153 Å². The van der Waals surface area contributed by atoms with E-state index in [2.05, 4.69) is 20.6 Å². The summed E-state index contributed by atoms with van der Waals surface area (Å²) in [6.45, 7) is 0.291. The number of H-pyrrole nitrogens is 1. The van der Waals surface area contributed by atoms with Crippen molar-refractivity contribution in [3.63, 3.8) is 0 Å². The van der Waals surface area contributed by atoms with E-state index in [9.17, 15) is 14.7 Å². The third-order valence-corrected chi connectivity index (χ3v) is 10.3. The van der Waals surface area contributed by atoms with Crippen molar-refractivity contribution in [2.24, 2.45) is 11.8 Å². The first kappa shape index (κ1) is 32.2. The highest BCUT2D eigenvalue weighted by Crippen LogP contribution is 2.56. The zero-order valence-corrected chi connectivity index (χ0v) is 28.7. The number of hydrogen-bond donors (Lipinski definition) is 4. The highest BCUT2D eigenvalue weighted by molar-refractivity contribution is 6.04. The molecule has 12 nitrogen and oxygen atoms in total. The van der Waals surface area contributed by atoms with Crippen LogP contribution in [0, 0.1) is 11.8 Å². The van der Waals surface area contributed by atoms with Crippen molar-refractivity contribution in [2.45, 2.75) is 12.0 Å². The minimum Gasteiger partial charge on any atom is -0.502 e. The lowest BCUT2D eigenvalue weighted by molar-refractivity contribution is -0.141. The second kappa shape index (κ2) is 12.8. The molecule has 4 N–H and O–H groups in total. The number of cyclic esters (lactones) is 1. The lowest BCUT2D eigenvalue weighted by Crippen LogP contribution is -2.37. The van der Waals surface area contributed by atoms with Gasteiger partial charge in [-0.3, -0.25) is 9.59 Å². The molecule has 5 aromatic carbocycles. The molecule has 0 radical (unpaired) electrons. The van der Waals surface area contributed by atoms with Gasteiger partial charge in [-0.2, -0.15) is 0 Å². The number of rotatable bonds is 8. The SMILES string of the molecule is COc1cc([C@@H]2c3cc4c(cc3[C@@H](Nc3ccc(C(=O)Nc5ccc(-c6nc7ccccc7[nH]6)cc5)cc3)[C@H]3COC(=O)[C@H]23)OCO4)cc(OC)c1O. The average Bonchev–Trinajstić information content (AvgIpc) is 3.93. The fraction of sp³-hybridized carbons (Fsp3) is 0.195. The van der Waals surface area contributed by atoms with Gasteiger partial charge in [0.2, 0.25) is 12.5 Å². The number of carbonyl (C=O) groups is 2. The van der Waals surface area contributed by atoms with Gasteiger partial charge in [0.05, 0.1) is 43.8 Å². The largest absolute Gasteiger partial charge is 0.502 e. The normalized spacial score (nSPS) is 19.6. The molecule has 0 bridgehead atoms. The molecule has 3 heterocycles. The lowest BCUT2D eigenvalue weighted by Gasteiger charge is -2.40. The first-order valence-corrected chi connectivity index (χ1v) is 17.2. The second-order valence-electron chi connectivity index (χ2n) is 13.2. The summed E-state index contributed by atoms with van der Waals surface area (Å²) in [5, 5.41) is 17.3. The summed E-state index contributed by atoms with van der Waals surface area (Å²) in [5.41, 5.74) is 7.15. The Hall–Kier alpha value is -6.69. The van der Waals surface area contributed by atoms with E-state index in [1.165, 1.54) is 14.2 Å². The van der Waals surface area contributed by atoms with Crippen molar-refractivity contribution in [1.29, 1.82) is 0 Å². The van der Waals surface area contributed by atoms with Crippen molar-refractivity contribution in [3.05, 3.63) is 119 Å². The number of nitrogens with zero attached hydrogens (tertiary/aromatic N) is 1. The maximum atomic E-state index is 13.5. The van der Waals surface area contributed by atoms with Crippen LogP contribution in [0.1, 0.15) is 39.0 Å². The Labute approximate surface area is 303 Å². The third kappa shape index (κ3) is 5.59. The van der Waals surface area contributed by atoms with Gasteiger partial charge in [-0.05, 0) is 102 Å². The summed E-state index contributed by atoms with van der Waals surface area (Å²) in [6, 6.07) is 29.6. The predicted molar refractivity (Wildman–Crippen MR) is 196 cm³/mol. The number of phenolic OH excluding ortho intramolecular Hbond substituents is 1. The zero-order chi connectivity index (χ0) is 36.2. The molecule has 1 aromatic heterocycles. The number of para-hydroxylation sites is 2. The Bertz CT molecular complexity index is 2330. The number of benzene rings is 5. The van der Waals surface area contributed by atoms with Gasteiger partial charge in [0, 0.05) is 34.3 Å². The molecule has 0 saturated carbocycles. The summed E-state index contributed by atoms with van der Waals surface area (Å²) in [6.07, 6.45) is 0. The molecule has 3 aliphatic rings. The number of ether oxygens (including phenoxy) is 5. The monoisotopic (exact) mass is 710 g/mol. The predicted octanol–water partition coefficient (Wildman–Crippen LogP) is 7.02. The van der Waals surface area contributed by atoms with Gasteiger partial charge < -0.3 is 44.4 Å². The maximum absolute atomic E-state index is 13.5. The van der Waals surface area contributed by atoms with Crippen LogP contribution in [0.2, 0.25) is 0 Å². The van der Waals surface area contributed by atoms with Crippen LogP contribution in [0.5, 0.6) is 28.7 Å². The van der Waals surface area contributed by atoms with Gasteiger partial charge in [0.15, 0.2) is 23.0 Å². The number of fused-ring (bicyclic) bond motifs is 4. The van der Waals surface area contributed by atoms with Gasteiger partial charge in [-0.1, -0.05) is 12.1 Å². The Morgan fingerprint density at radius 3 is 2.23 bits per heavy atom. The number of imidazole rings is 1. The zero-order valence-electron chi connectivity index (χ0n) is 28.7. The quantitative estimate of drug-likeness (QED) is 0.121. The molecule has 53 heavy (non-hydrogen) atoms. The van der Waals surface area contributed by atoms with Crippen LogP contribution in [-0.4, -0.2) is 54.6 Å². The van der Waals surface area contributed by atoms with E-state index in [4.69, 9.17) is 23.7 Å². The number of aromatic hydroxyl groups is 1. The first-order valence-electron chi connectivity index (χ1n) is 17.2. The molecule has 1 amide bonds. The lowest BCUT2D eigenvalue weighted by atomic mass is 9.65. The van der Waals surface area contributed by atoms with Crippen LogP contribution in [0.3, 0.4) is 0 Å². The van der Waals surface area contributed by atoms with Crippen molar-refractivity contribution in [2.75, 3.05) is 38.3 Å². The van der Waals surface area contributed by atoms with Crippen molar-refractivity contribution < 1.29 is 38.4 Å². The summed E-state index contributed by atoms with van der Waals surface area (Å²) >= 11 is 0. The van der Waals surface area contributed by atoms with E-state index in [0.29, 0.717) is 22.7 Å². The number of esters is 1. The summed E-state index contributed by atoms with van der Waals surface area (Å²) < 4.78 is 28.2. The molecule has 1 saturated heterocycles. The molecular weight excluding hydrogens is 676 g/mol. The highest BCUT2D eigenvalue weighted by Gasteiger charge is 2.52. The van der Waals surface area contributed by atoms with E-state index < -0.39 is 11.8 Å². The van der Waals surface area contributed by atoms with Crippen LogP contribution < -0.4 is 29.6 Å². The summed E-state index contributed by atoms with van der Waals surface area (Å²) in [5.74, 6) is 0.418. The number of hydrogen-bond acceptors (Lipinski definition) is 10. The Balaban J connectivity index is 0.983. The average molecular weight is 711 g/mol. The Morgan fingerprint density at radius 1 is 0.849 bits per heavy atom. The van der Waals surface area contributed by atoms with E-state index in [0.717, 1.165) is 44.8 Å². The van der Waals surface area contributed by atoms with E-state index in [1.807, 2.05) is 72.8 Å². The molecule has 1 aliphatic carbocycles. The van der Waals surface area contributed by atoms with Crippen LogP contribution in [0.15, 0.2) is 97.1 Å². The van der Waals surface area contributed by atoms with Gasteiger partial charge >= 0.3 is 5.97 Å². The molecule has 1 fully saturated rings. The number of methoxy groups -OCH3 is 2. The van der Waals surface area contributed by atoms with Crippen LogP contribution in [0.25, 0.3) is 22.4 Å². The van der Waals surface area contributed by atoms with Crippen molar-refractivity contribution in [1.82, 2.24) is 9.97 Å². The molecule has 6 aromatic rings. The van der Waals surface area contributed by atoms with Crippen LogP contribution in [0.4, 0.5) is 11.4 Å². The van der Waals surface area contributed by atoms with Gasteiger partial charge in [0.1, 0.15) is 5.82 Å². The number of aromatic nitrogens is 2. The highest BCUT2D eigenvalue weighted by atomic mass is 16.7. The van der Waals surface area contributed by atoms with E-state index >= 15 is 0 Å². The fourth-order valence-corrected chi connectivity index (χ4v) is 7.74. The molecule has 0 spiro atoms. The third-order valence-electron chi connectivity index (χ3n) is 10.3. The van der Waals surface area contributed by atoms with E-state index in [1.54, 1.807) is 24.3 Å². The van der Waals surface area contributed by atoms with Crippen molar-refractivity contribution in [3.8, 4) is 40.1 Å². The standard InChI is InChI=1S/C41H34N4O8/c1-49-33-15-23(16-34(50-2)38(33)46)35-26-17-31-32(53-20-52-31)18-27(26)37(28-19-51-41(48)36(28)35)42-24-13-9-22(10-14-24)40(47)43-25-11-7-21(8-12-25)39-44-29-5-3-4-6-30(29)45-39/h3-18,28,35-37,42,46H,19-20H2,1-2H3,(H,43,47)(H,44,45)/t28-,35+,36-,37+/m0/s1. The smallest absolute Gasteiger partial charge is 0.310 e. The minimum absolute atomic E-state index is 0.0890. The van der Waals surface area contributed by atoms with Crippen LogP contribution in [-0.2, 0) is 9.53 Å². The number of anilines is 2. The summed E-state index contributed by atoms with van der Waals surface area (Å²) in [7, 11) is 2.93. The first-order chi connectivity index (χ1) is 25.9. The molecular formula is C41H34N4O8. The number of phenols is 1. The molecule has 2 aliphatic heterocycles. The minimum atomic E-state index is -0.567. The fourth-order valence-electron chi connectivity index (χ4n) is 7.74. The second-order valence-corrected chi connectivity index (χ2v) is 13.2. The Morgan fingerprint density at radius 2 is 1.53 bits per heavy atom. The molecule has 266 valence electrons. The van der Waals surface area contributed by atoms with E-state index in [-0.39, 0.29) is 54.5 Å². The molecule has 4 atom stereocenters. The van der Waals surface area contributed by atoms with Gasteiger partial charge in [-0.15, -0.1) is 0 Å².